The zero-order chi connectivity index (χ0) is 20.9. The minimum Gasteiger partial charge on any atom is -0.494 e. The van der Waals surface area contributed by atoms with Gasteiger partial charge in [-0.1, -0.05) is 49.4 Å². The first-order valence-electron chi connectivity index (χ1n) is 10.5. The van der Waals surface area contributed by atoms with Crippen molar-refractivity contribution in [3.63, 3.8) is 0 Å². The molecule has 1 N–H and O–H groups in total. The number of carbonyl (C=O) groups is 1. The summed E-state index contributed by atoms with van der Waals surface area (Å²) in [6.45, 7) is 5.22. The third-order valence-corrected chi connectivity index (χ3v) is 5.29. The number of aryl methyl sites for hydroxylation is 1. The van der Waals surface area contributed by atoms with Crippen LogP contribution >= 0.6 is 0 Å². The lowest BCUT2D eigenvalue weighted by molar-refractivity contribution is -0.121. The number of rotatable bonds is 8. The van der Waals surface area contributed by atoms with E-state index in [1.54, 1.807) is 0 Å². The normalized spacial score (nSPS) is 12.2. The first kappa shape index (κ1) is 20.0. The standard InChI is InChI=1S/C25H27N3O2/c1-3-24(29)26-18(2)25-27-22-11-6-7-12-23(22)28(25)15-8-16-30-21-14-13-19-9-4-5-10-20(19)17-21/h4-7,9-14,17-18H,3,8,15-16H2,1-2H3,(H,26,29). The second kappa shape index (κ2) is 8.99. The van der Waals surface area contributed by atoms with Gasteiger partial charge < -0.3 is 14.6 Å². The molecule has 0 aliphatic rings. The summed E-state index contributed by atoms with van der Waals surface area (Å²) in [5.74, 6) is 1.79. The van der Waals surface area contributed by atoms with Crippen LogP contribution in [0.2, 0.25) is 0 Å². The topological polar surface area (TPSA) is 56.2 Å². The lowest BCUT2D eigenvalue weighted by Crippen LogP contribution is -2.28. The van der Waals surface area contributed by atoms with Crippen molar-refractivity contribution in [1.29, 1.82) is 0 Å². The first-order chi connectivity index (χ1) is 14.7. The Balaban J connectivity index is 1.45. The van der Waals surface area contributed by atoms with Gasteiger partial charge in [0.25, 0.3) is 0 Å². The minimum absolute atomic E-state index is 0.0285. The number of nitrogens with one attached hydrogen (secondary N) is 1. The van der Waals surface area contributed by atoms with Crippen LogP contribution in [0.25, 0.3) is 21.8 Å². The number of hydrogen-bond donors (Lipinski definition) is 1. The number of para-hydroxylation sites is 2. The van der Waals surface area contributed by atoms with Gasteiger partial charge in [0.1, 0.15) is 11.6 Å². The number of fused-ring (bicyclic) bond motifs is 2. The van der Waals surface area contributed by atoms with E-state index in [-0.39, 0.29) is 11.9 Å². The van der Waals surface area contributed by atoms with Crippen molar-refractivity contribution in [2.75, 3.05) is 6.61 Å². The monoisotopic (exact) mass is 401 g/mol. The molecule has 1 atom stereocenters. The summed E-state index contributed by atoms with van der Waals surface area (Å²) in [5, 5.41) is 5.42. The van der Waals surface area contributed by atoms with Crippen molar-refractivity contribution in [2.45, 2.75) is 39.3 Å². The molecule has 154 valence electrons. The van der Waals surface area contributed by atoms with E-state index in [0.29, 0.717) is 13.0 Å². The molecule has 0 bridgehead atoms. The van der Waals surface area contributed by atoms with E-state index < -0.39 is 0 Å². The highest BCUT2D eigenvalue weighted by Gasteiger charge is 2.17. The van der Waals surface area contributed by atoms with Crippen LogP contribution in [-0.2, 0) is 11.3 Å². The molecular weight excluding hydrogens is 374 g/mol. The molecule has 1 heterocycles. The smallest absolute Gasteiger partial charge is 0.220 e. The summed E-state index contributed by atoms with van der Waals surface area (Å²) in [5.41, 5.74) is 2.02. The number of carbonyl (C=O) groups excluding carboxylic acids is 1. The molecule has 1 amide bonds. The summed E-state index contributed by atoms with van der Waals surface area (Å²) < 4.78 is 8.20. The van der Waals surface area contributed by atoms with Crippen molar-refractivity contribution in [3.05, 3.63) is 72.6 Å². The predicted molar refractivity (Wildman–Crippen MR) is 121 cm³/mol. The van der Waals surface area contributed by atoms with Crippen molar-refractivity contribution in [1.82, 2.24) is 14.9 Å². The van der Waals surface area contributed by atoms with Gasteiger partial charge in [0.05, 0.1) is 23.7 Å². The highest BCUT2D eigenvalue weighted by atomic mass is 16.5. The van der Waals surface area contributed by atoms with E-state index >= 15 is 0 Å². The Bertz CT molecular complexity index is 1170. The van der Waals surface area contributed by atoms with E-state index in [1.807, 2.05) is 50.2 Å². The largest absolute Gasteiger partial charge is 0.494 e. The van der Waals surface area contributed by atoms with Gasteiger partial charge in [-0.3, -0.25) is 4.79 Å². The van der Waals surface area contributed by atoms with E-state index in [0.717, 1.165) is 35.6 Å². The fraction of sp³-hybridized carbons (Fsp3) is 0.280. The quantitative estimate of drug-likeness (QED) is 0.411. The average molecular weight is 402 g/mol. The lowest BCUT2D eigenvalue weighted by atomic mass is 10.1. The van der Waals surface area contributed by atoms with Crippen LogP contribution in [0.5, 0.6) is 5.75 Å². The van der Waals surface area contributed by atoms with E-state index in [9.17, 15) is 4.79 Å². The SMILES string of the molecule is CCC(=O)NC(C)c1nc2ccccc2n1CCCOc1ccc2ccccc2c1. The van der Waals surface area contributed by atoms with Gasteiger partial charge in [-0.15, -0.1) is 0 Å². The Kier molecular flexibility index (Phi) is 5.98. The van der Waals surface area contributed by atoms with Gasteiger partial charge in [-0.2, -0.15) is 0 Å². The first-order valence-corrected chi connectivity index (χ1v) is 10.5. The molecule has 3 aromatic carbocycles. The molecule has 0 spiro atoms. The van der Waals surface area contributed by atoms with Crippen LogP contribution in [0.15, 0.2) is 66.7 Å². The lowest BCUT2D eigenvalue weighted by Gasteiger charge is -2.16. The summed E-state index contributed by atoms with van der Waals surface area (Å²) in [4.78, 5) is 16.6. The van der Waals surface area contributed by atoms with E-state index in [4.69, 9.17) is 9.72 Å². The Labute approximate surface area is 176 Å². The van der Waals surface area contributed by atoms with Gasteiger partial charge in [-0.25, -0.2) is 4.98 Å². The second-order valence-electron chi connectivity index (χ2n) is 7.46. The maximum Gasteiger partial charge on any atom is 0.220 e. The average Bonchev–Trinajstić information content (AvgIpc) is 3.15. The number of nitrogens with zero attached hydrogens (tertiary/aromatic N) is 2. The third kappa shape index (κ3) is 4.30. The van der Waals surface area contributed by atoms with E-state index in [2.05, 4.69) is 40.2 Å². The molecule has 0 saturated heterocycles. The summed E-state index contributed by atoms with van der Waals surface area (Å²) >= 11 is 0. The molecule has 4 aromatic rings. The van der Waals surface area contributed by atoms with Gasteiger partial charge in [0.15, 0.2) is 0 Å². The number of ether oxygens (including phenoxy) is 1. The van der Waals surface area contributed by atoms with Crippen molar-refractivity contribution < 1.29 is 9.53 Å². The molecular formula is C25H27N3O2. The van der Waals surface area contributed by atoms with E-state index in [1.165, 1.54) is 10.8 Å². The summed E-state index contributed by atoms with van der Waals surface area (Å²) in [6, 6.07) is 22.4. The molecule has 1 aromatic heterocycles. The maximum atomic E-state index is 11.9. The van der Waals surface area contributed by atoms with Crippen LogP contribution < -0.4 is 10.1 Å². The third-order valence-electron chi connectivity index (χ3n) is 5.29. The molecule has 30 heavy (non-hydrogen) atoms. The van der Waals surface area contributed by atoms with Crippen LogP contribution in [0, 0.1) is 0 Å². The fourth-order valence-electron chi connectivity index (χ4n) is 3.74. The summed E-state index contributed by atoms with van der Waals surface area (Å²) in [7, 11) is 0. The molecule has 0 fully saturated rings. The van der Waals surface area contributed by atoms with Crippen LogP contribution in [-0.4, -0.2) is 22.1 Å². The number of amides is 1. The highest BCUT2D eigenvalue weighted by molar-refractivity contribution is 5.83. The number of hydrogen-bond acceptors (Lipinski definition) is 3. The Hall–Kier alpha value is -3.34. The zero-order valence-electron chi connectivity index (χ0n) is 17.5. The number of benzene rings is 3. The Morgan fingerprint density at radius 3 is 2.67 bits per heavy atom. The van der Waals surface area contributed by atoms with Crippen molar-refractivity contribution >= 4 is 27.7 Å². The van der Waals surface area contributed by atoms with Crippen LogP contribution in [0.3, 0.4) is 0 Å². The molecule has 5 nitrogen and oxygen atoms in total. The molecule has 0 aliphatic heterocycles. The van der Waals surface area contributed by atoms with Crippen LogP contribution in [0.1, 0.15) is 38.6 Å². The van der Waals surface area contributed by atoms with Gasteiger partial charge in [0.2, 0.25) is 5.91 Å². The predicted octanol–water partition coefficient (Wildman–Crippen LogP) is 5.25. The minimum atomic E-state index is -0.147. The number of aromatic nitrogens is 2. The molecule has 1 unspecified atom stereocenters. The van der Waals surface area contributed by atoms with Crippen LogP contribution in [0.4, 0.5) is 0 Å². The van der Waals surface area contributed by atoms with Gasteiger partial charge in [-0.05, 0) is 48.4 Å². The van der Waals surface area contributed by atoms with Crippen molar-refractivity contribution in [2.24, 2.45) is 0 Å². The molecule has 0 aliphatic carbocycles. The van der Waals surface area contributed by atoms with Gasteiger partial charge in [0, 0.05) is 13.0 Å². The maximum absolute atomic E-state index is 11.9. The zero-order valence-corrected chi connectivity index (χ0v) is 17.5. The fourth-order valence-corrected chi connectivity index (χ4v) is 3.74. The molecule has 4 rings (SSSR count). The number of imidazole rings is 1. The molecule has 0 radical (unpaired) electrons. The second-order valence-corrected chi connectivity index (χ2v) is 7.46. The Morgan fingerprint density at radius 2 is 1.83 bits per heavy atom. The van der Waals surface area contributed by atoms with Crippen molar-refractivity contribution in [3.8, 4) is 5.75 Å². The summed E-state index contributed by atoms with van der Waals surface area (Å²) in [6.07, 6.45) is 1.30. The van der Waals surface area contributed by atoms with Gasteiger partial charge >= 0.3 is 0 Å². The highest BCUT2D eigenvalue weighted by Crippen LogP contribution is 2.23. The Morgan fingerprint density at radius 1 is 1.07 bits per heavy atom. The molecule has 5 heteroatoms. The molecule has 0 saturated carbocycles.